The van der Waals surface area contributed by atoms with Gasteiger partial charge in [-0.25, -0.2) is 0 Å². The Balaban J connectivity index is 0. The number of halogens is 6. The first-order valence-electron chi connectivity index (χ1n) is 4.56. The van der Waals surface area contributed by atoms with Gasteiger partial charge in [0.25, 0.3) is 0 Å². The minimum Gasteiger partial charge on any atom is 1.00 e. The maximum absolute atomic E-state index is 11.2. The number of carbonyl (C=O) groups is 1. The van der Waals surface area contributed by atoms with Gasteiger partial charge < -0.3 is 4.74 Å². The van der Waals surface area contributed by atoms with E-state index in [-0.39, 0.29) is 7.40 Å². The fraction of sp³-hybridized carbons (Fsp3) is 0.222. The Morgan fingerprint density at radius 2 is 1.47 bits per heavy atom. The van der Waals surface area contributed by atoms with Crippen molar-refractivity contribution in [2.24, 2.45) is 0 Å². The topological polar surface area (TPSA) is 26.3 Å². The van der Waals surface area contributed by atoms with Crippen LogP contribution in [0.1, 0.15) is 8.35 Å². The molecule has 0 fully saturated rings. The molecule has 1 rings (SSSR count). The van der Waals surface area contributed by atoms with Crippen LogP contribution in [0.4, 0.5) is 16.9 Å². The Labute approximate surface area is 113 Å². The van der Waals surface area contributed by atoms with E-state index in [1.807, 2.05) is 18.4 Å². The molecule has 0 aliphatic rings. The van der Waals surface area contributed by atoms with Crippen molar-refractivity contribution in [3.05, 3.63) is 24.3 Å². The van der Waals surface area contributed by atoms with Crippen molar-refractivity contribution in [2.75, 3.05) is 6.26 Å². The van der Waals surface area contributed by atoms with Gasteiger partial charge in [0.1, 0.15) is 5.75 Å². The molecule has 0 saturated heterocycles. The predicted molar refractivity (Wildman–Crippen MR) is 63.0 cm³/mol. The van der Waals surface area contributed by atoms with Crippen LogP contribution < -0.4 is 4.74 Å². The van der Waals surface area contributed by atoms with Gasteiger partial charge in [0.2, 0.25) is 0 Å². The number of rotatable bonds is 2. The van der Waals surface area contributed by atoms with Crippen molar-refractivity contribution in [1.29, 1.82) is 0 Å². The molecule has 0 unspecified atom stereocenters. The first kappa shape index (κ1) is 18.4. The molecule has 0 aliphatic carbocycles. The van der Waals surface area contributed by atoms with Gasteiger partial charge >= 0.3 is 43.7 Å². The summed E-state index contributed by atoms with van der Waals surface area (Å²) in [6.45, 7) is 1.39. The normalized spacial score (nSPS) is 14.5. The van der Waals surface area contributed by atoms with Crippen LogP contribution in [-0.4, -0.2) is 31.7 Å². The molecular formula is C9H11F6O2SSb. The van der Waals surface area contributed by atoms with Crippen molar-refractivity contribution in [2.45, 2.75) is 11.8 Å². The van der Waals surface area contributed by atoms with Gasteiger partial charge in [0.05, 0.1) is 0 Å². The summed E-state index contributed by atoms with van der Waals surface area (Å²) in [5, 5.41) is 0. The summed E-state index contributed by atoms with van der Waals surface area (Å²) in [5.74, 6) is 0.312. The Bertz CT molecular complexity index is 435. The summed E-state index contributed by atoms with van der Waals surface area (Å²) in [4.78, 5) is 11.7. The second-order valence-corrected chi connectivity index (χ2v) is 9.58. The zero-order valence-corrected chi connectivity index (χ0v) is 13.1. The smallest absolute Gasteiger partial charge is 1.00 e. The molecule has 0 bridgehead atoms. The number of esters is 1. The van der Waals surface area contributed by atoms with Crippen molar-refractivity contribution in [3.63, 3.8) is 0 Å². The van der Waals surface area contributed by atoms with Gasteiger partial charge in [-0.2, -0.15) is 0 Å². The van der Waals surface area contributed by atoms with Crippen LogP contribution in [0.3, 0.4) is 0 Å². The SMILES string of the molecule is CSc1ccc(OC(C)=O)cc1.[F][Sb-]([F])([F])([F])([F])[F].[H+]. The number of hydrogen-bond acceptors (Lipinski definition) is 3. The van der Waals surface area contributed by atoms with E-state index in [4.69, 9.17) is 4.74 Å². The van der Waals surface area contributed by atoms with Crippen LogP contribution in [0.2, 0.25) is 0 Å². The fourth-order valence-corrected chi connectivity index (χ4v) is 1.22. The molecule has 0 spiro atoms. The monoisotopic (exact) mass is 418 g/mol. The Hall–Kier alpha value is -0.562. The van der Waals surface area contributed by atoms with Crippen LogP contribution in [-0.2, 0) is 4.79 Å². The maximum atomic E-state index is 10.5. The van der Waals surface area contributed by atoms with Crippen LogP contribution in [0, 0.1) is 0 Å². The van der Waals surface area contributed by atoms with Gasteiger partial charge in [-0.05, 0) is 30.5 Å². The molecule has 0 N–H and O–H groups in total. The van der Waals surface area contributed by atoms with Crippen molar-refractivity contribution in [3.8, 4) is 5.75 Å². The third-order valence-corrected chi connectivity index (χ3v) is 2.06. The Morgan fingerprint density at radius 3 is 1.74 bits per heavy atom. The average Bonchev–Trinajstić information content (AvgIpc) is 2.13. The largest absolute Gasteiger partial charge is 1.00 e. The predicted octanol–water partition coefficient (Wildman–Crippen LogP) is 4.59. The molecule has 0 aliphatic heterocycles. The van der Waals surface area contributed by atoms with E-state index < -0.39 is 19.5 Å². The minimum atomic E-state index is -11.2. The summed E-state index contributed by atoms with van der Waals surface area (Å²) in [6, 6.07) is 7.41. The summed E-state index contributed by atoms with van der Waals surface area (Å²) in [5.41, 5.74) is 0. The summed E-state index contributed by atoms with van der Waals surface area (Å²) < 4.78 is 64.4. The van der Waals surface area contributed by atoms with E-state index in [2.05, 4.69) is 0 Å². The fourth-order valence-electron chi connectivity index (χ4n) is 0.810. The van der Waals surface area contributed by atoms with Gasteiger partial charge in [-0.15, -0.1) is 11.8 Å². The molecular weight excluding hydrogens is 408 g/mol. The van der Waals surface area contributed by atoms with E-state index >= 15 is 0 Å². The van der Waals surface area contributed by atoms with Crippen LogP contribution in [0.5, 0.6) is 5.75 Å². The summed E-state index contributed by atoms with van der Waals surface area (Å²) >= 11 is -9.59. The molecule has 0 amide bonds. The second kappa shape index (κ2) is 5.44. The molecule has 0 heterocycles. The van der Waals surface area contributed by atoms with E-state index in [9.17, 15) is 21.7 Å². The first-order chi connectivity index (χ1) is 8.17. The number of carbonyl (C=O) groups excluding carboxylic acids is 1. The van der Waals surface area contributed by atoms with E-state index in [1.54, 1.807) is 23.9 Å². The zero-order valence-electron chi connectivity index (χ0n) is 10.7. The average molecular weight is 419 g/mol. The number of hydrogen-bond donors (Lipinski definition) is 0. The number of benzene rings is 1. The maximum Gasteiger partial charge on any atom is 1.00 e. The third kappa shape index (κ3) is 17.4. The number of ether oxygens (including phenoxy) is 1. The molecule has 10 heteroatoms. The summed E-state index contributed by atoms with van der Waals surface area (Å²) in [7, 11) is 0. The molecule has 19 heavy (non-hydrogen) atoms. The Morgan fingerprint density at radius 1 is 1.11 bits per heavy atom. The number of thioether (sulfide) groups is 1. The molecule has 0 saturated carbocycles. The molecule has 0 atom stereocenters. The minimum absolute atomic E-state index is 0. The van der Waals surface area contributed by atoms with Crippen LogP contribution in [0.15, 0.2) is 29.2 Å². The van der Waals surface area contributed by atoms with Crippen LogP contribution >= 0.6 is 11.8 Å². The molecule has 1 aromatic rings. The molecule has 0 aromatic heterocycles. The van der Waals surface area contributed by atoms with E-state index in [0.29, 0.717) is 5.75 Å². The first-order valence-corrected chi connectivity index (χ1v) is 11.6. The molecule has 1 aromatic carbocycles. The van der Waals surface area contributed by atoms with Crippen LogP contribution in [0.25, 0.3) is 0 Å². The van der Waals surface area contributed by atoms with Gasteiger partial charge in [0, 0.05) is 11.8 Å². The Kier molecular flexibility index (Phi) is 5.28. The van der Waals surface area contributed by atoms with Crippen molar-refractivity contribution < 1.29 is 27.8 Å². The standard InChI is InChI=1S/C9H10O2S.6FH.Sb/c1-7(10)11-8-3-5-9(12-2)6-4-8;;;;;;;/h3-6H,1-2H3;6*1H;/q;;;;;;;+5/p-5. The quantitative estimate of drug-likeness (QED) is 0.231. The van der Waals surface area contributed by atoms with Gasteiger partial charge in [0.15, 0.2) is 0 Å². The molecule has 2 nitrogen and oxygen atoms in total. The third-order valence-electron chi connectivity index (χ3n) is 1.32. The zero-order chi connectivity index (χ0) is 15.4. The summed E-state index contributed by atoms with van der Waals surface area (Å²) in [6.07, 6.45) is 2.00. The van der Waals surface area contributed by atoms with E-state index in [0.717, 1.165) is 4.90 Å². The molecule has 0 radical (unpaired) electrons. The van der Waals surface area contributed by atoms with Crippen molar-refractivity contribution >= 4 is 37.2 Å². The molecule has 112 valence electrons. The van der Waals surface area contributed by atoms with E-state index in [1.165, 1.54) is 6.92 Å². The van der Waals surface area contributed by atoms with Gasteiger partial charge in [-0.1, -0.05) is 0 Å². The van der Waals surface area contributed by atoms with Gasteiger partial charge in [-0.3, -0.25) is 4.79 Å². The second-order valence-electron chi connectivity index (χ2n) is 3.23. The van der Waals surface area contributed by atoms with Crippen molar-refractivity contribution in [1.82, 2.24) is 0 Å².